The van der Waals surface area contributed by atoms with Crippen LogP contribution in [0.25, 0.3) is 0 Å². The Kier molecular flexibility index (Phi) is 3.74. The summed E-state index contributed by atoms with van der Waals surface area (Å²) in [6.45, 7) is 0. The second kappa shape index (κ2) is 5.27. The molecule has 0 aliphatic heterocycles. The zero-order chi connectivity index (χ0) is 11.4. The van der Waals surface area contributed by atoms with Crippen LogP contribution in [0.1, 0.15) is 38.5 Å². The summed E-state index contributed by atoms with van der Waals surface area (Å²) in [5.74, 6) is -0.842. The molecule has 0 aromatic carbocycles. The summed E-state index contributed by atoms with van der Waals surface area (Å²) in [6.07, 6.45) is 4.26. The highest BCUT2D eigenvalue weighted by molar-refractivity contribution is 5.77. The predicted molar refractivity (Wildman–Crippen MR) is 53.7 cm³/mol. The van der Waals surface area contributed by atoms with Gasteiger partial charge in [-0.1, -0.05) is 0 Å². The number of hydrogen-bond acceptors (Lipinski definition) is 6. The van der Waals surface area contributed by atoms with Crippen molar-refractivity contribution in [1.82, 2.24) is 11.0 Å². The molecule has 0 aromatic heterocycles. The first kappa shape index (κ1) is 11.3. The average molecular weight is 228 g/mol. The predicted octanol–water partition coefficient (Wildman–Crippen LogP) is 0.187. The van der Waals surface area contributed by atoms with Crippen LogP contribution in [-0.4, -0.2) is 24.0 Å². The molecule has 0 heterocycles. The van der Waals surface area contributed by atoms with Gasteiger partial charge in [-0.3, -0.25) is 9.59 Å². The van der Waals surface area contributed by atoms with Crippen molar-refractivity contribution in [3.63, 3.8) is 0 Å². The number of rotatable bonds is 7. The first-order valence-corrected chi connectivity index (χ1v) is 5.64. The van der Waals surface area contributed by atoms with Gasteiger partial charge in [0, 0.05) is 12.1 Å². The number of carbonyl (C=O) groups excluding carboxylic acids is 2. The van der Waals surface area contributed by atoms with Gasteiger partial charge in [-0.2, -0.15) is 11.0 Å². The Morgan fingerprint density at radius 3 is 1.56 bits per heavy atom. The molecule has 90 valence electrons. The zero-order valence-corrected chi connectivity index (χ0v) is 9.03. The average Bonchev–Trinajstić information content (AvgIpc) is 3.15. The standard InChI is InChI=1S/C10H16N2O4/c13-9(15-11-7-1-2-7)5-6-10(14)16-12-8-3-4-8/h7-8,11-12H,1-6H2. The van der Waals surface area contributed by atoms with Crippen molar-refractivity contribution in [3.8, 4) is 0 Å². The molecule has 2 rings (SSSR count). The summed E-state index contributed by atoms with van der Waals surface area (Å²) in [5.41, 5.74) is 5.25. The van der Waals surface area contributed by atoms with Crippen molar-refractivity contribution < 1.29 is 19.3 Å². The molecule has 2 aliphatic carbocycles. The van der Waals surface area contributed by atoms with Gasteiger partial charge in [0.1, 0.15) is 0 Å². The van der Waals surface area contributed by atoms with Crippen molar-refractivity contribution in [2.75, 3.05) is 0 Å². The zero-order valence-electron chi connectivity index (χ0n) is 9.03. The maximum Gasteiger partial charge on any atom is 0.325 e. The van der Waals surface area contributed by atoms with Gasteiger partial charge in [-0.05, 0) is 25.7 Å². The van der Waals surface area contributed by atoms with E-state index in [1.165, 1.54) is 0 Å². The van der Waals surface area contributed by atoms with Crippen LogP contribution in [0.5, 0.6) is 0 Å². The lowest BCUT2D eigenvalue weighted by molar-refractivity contribution is -0.158. The SMILES string of the molecule is O=C(CCC(=O)ONC1CC1)ONC1CC1. The Balaban J connectivity index is 1.47. The van der Waals surface area contributed by atoms with Crippen molar-refractivity contribution in [2.45, 2.75) is 50.6 Å². The second-order valence-corrected chi connectivity index (χ2v) is 4.23. The van der Waals surface area contributed by atoms with E-state index in [1.54, 1.807) is 0 Å². The highest BCUT2D eigenvalue weighted by atomic mass is 16.7. The lowest BCUT2D eigenvalue weighted by Gasteiger charge is -2.05. The molecule has 2 saturated carbocycles. The van der Waals surface area contributed by atoms with E-state index in [-0.39, 0.29) is 12.8 Å². The summed E-state index contributed by atoms with van der Waals surface area (Å²) in [5, 5.41) is 0. The van der Waals surface area contributed by atoms with E-state index in [0.29, 0.717) is 12.1 Å². The molecule has 0 amide bonds. The number of carbonyl (C=O) groups is 2. The van der Waals surface area contributed by atoms with Crippen molar-refractivity contribution in [1.29, 1.82) is 0 Å². The Bertz CT molecular complexity index is 246. The van der Waals surface area contributed by atoms with Crippen LogP contribution in [-0.2, 0) is 19.3 Å². The van der Waals surface area contributed by atoms with E-state index >= 15 is 0 Å². The Morgan fingerprint density at radius 1 is 0.875 bits per heavy atom. The molecular formula is C10H16N2O4. The molecule has 0 spiro atoms. The van der Waals surface area contributed by atoms with Crippen LogP contribution in [0, 0.1) is 0 Å². The molecular weight excluding hydrogens is 212 g/mol. The Morgan fingerprint density at radius 2 is 1.25 bits per heavy atom. The van der Waals surface area contributed by atoms with E-state index < -0.39 is 11.9 Å². The number of nitrogens with one attached hydrogen (secondary N) is 2. The topological polar surface area (TPSA) is 76.7 Å². The smallest absolute Gasteiger partial charge is 0.325 e. The maximum absolute atomic E-state index is 11.1. The van der Waals surface area contributed by atoms with Gasteiger partial charge in [0.05, 0.1) is 12.8 Å². The van der Waals surface area contributed by atoms with Crippen LogP contribution in [0.2, 0.25) is 0 Å². The fraction of sp³-hybridized carbons (Fsp3) is 0.800. The van der Waals surface area contributed by atoms with E-state index in [4.69, 9.17) is 9.68 Å². The van der Waals surface area contributed by atoms with E-state index in [0.717, 1.165) is 25.7 Å². The maximum atomic E-state index is 11.1. The summed E-state index contributed by atoms with van der Waals surface area (Å²) in [6, 6.07) is 0.625. The Hall–Kier alpha value is -1.14. The molecule has 0 radical (unpaired) electrons. The fourth-order valence-corrected chi connectivity index (χ4v) is 1.01. The third kappa shape index (κ3) is 4.59. The van der Waals surface area contributed by atoms with Gasteiger partial charge >= 0.3 is 11.9 Å². The summed E-state index contributed by atoms with van der Waals surface area (Å²) in [4.78, 5) is 31.7. The van der Waals surface area contributed by atoms with Gasteiger partial charge in [-0.15, -0.1) is 0 Å². The van der Waals surface area contributed by atoms with Crippen LogP contribution in [0.3, 0.4) is 0 Å². The molecule has 6 nitrogen and oxygen atoms in total. The molecule has 6 heteroatoms. The molecule has 2 N–H and O–H groups in total. The van der Waals surface area contributed by atoms with Gasteiger partial charge in [0.25, 0.3) is 0 Å². The van der Waals surface area contributed by atoms with E-state index in [1.807, 2.05) is 0 Å². The first-order valence-electron chi connectivity index (χ1n) is 5.64. The third-order valence-corrected chi connectivity index (χ3v) is 2.37. The minimum Gasteiger partial charge on any atom is -0.370 e. The van der Waals surface area contributed by atoms with Crippen LogP contribution < -0.4 is 11.0 Å². The quantitative estimate of drug-likeness (QED) is 0.606. The highest BCUT2D eigenvalue weighted by Gasteiger charge is 2.24. The second-order valence-electron chi connectivity index (χ2n) is 4.23. The summed E-state index contributed by atoms with van der Waals surface area (Å²) >= 11 is 0. The molecule has 0 aromatic rings. The summed E-state index contributed by atoms with van der Waals surface area (Å²) in [7, 11) is 0. The fourth-order valence-electron chi connectivity index (χ4n) is 1.01. The lowest BCUT2D eigenvalue weighted by Crippen LogP contribution is -2.24. The first-order chi connectivity index (χ1) is 7.74. The number of hydroxylamine groups is 2. The lowest BCUT2D eigenvalue weighted by atomic mass is 10.3. The van der Waals surface area contributed by atoms with Gasteiger partial charge in [0.15, 0.2) is 0 Å². The van der Waals surface area contributed by atoms with E-state index in [9.17, 15) is 9.59 Å². The number of hydrogen-bond donors (Lipinski definition) is 2. The van der Waals surface area contributed by atoms with Crippen molar-refractivity contribution in [3.05, 3.63) is 0 Å². The Labute approximate surface area is 93.6 Å². The molecule has 0 unspecified atom stereocenters. The largest absolute Gasteiger partial charge is 0.370 e. The van der Waals surface area contributed by atoms with E-state index in [2.05, 4.69) is 11.0 Å². The minimum atomic E-state index is -0.421. The molecule has 2 aliphatic rings. The van der Waals surface area contributed by atoms with Crippen LogP contribution in [0.15, 0.2) is 0 Å². The molecule has 0 saturated heterocycles. The molecule has 0 atom stereocenters. The summed E-state index contributed by atoms with van der Waals surface area (Å²) < 4.78 is 0. The minimum absolute atomic E-state index is 0.0465. The van der Waals surface area contributed by atoms with Crippen molar-refractivity contribution in [2.24, 2.45) is 0 Å². The molecule has 16 heavy (non-hydrogen) atoms. The van der Waals surface area contributed by atoms with Crippen molar-refractivity contribution >= 4 is 11.9 Å². The molecule has 0 bridgehead atoms. The van der Waals surface area contributed by atoms with Crippen LogP contribution >= 0.6 is 0 Å². The van der Waals surface area contributed by atoms with Gasteiger partial charge < -0.3 is 9.68 Å². The van der Waals surface area contributed by atoms with Gasteiger partial charge in [0.2, 0.25) is 0 Å². The van der Waals surface area contributed by atoms with Crippen LogP contribution in [0.4, 0.5) is 0 Å². The normalized spacial score (nSPS) is 19.2. The van der Waals surface area contributed by atoms with Gasteiger partial charge in [-0.25, -0.2) is 0 Å². The monoisotopic (exact) mass is 228 g/mol. The highest BCUT2D eigenvalue weighted by Crippen LogP contribution is 2.19. The third-order valence-electron chi connectivity index (χ3n) is 2.37. The molecule has 2 fully saturated rings.